The van der Waals surface area contributed by atoms with Gasteiger partial charge in [-0.15, -0.1) is 0 Å². The zero-order valence-electron chi connectivity index (χ0n) is 12.9. The van der Waals surface area contributed by atoms with Crippen LogP contribution in [0.25, 0.3) is 5.69 Å². The third-order valence-electron chi connectivity index (χ3n) is 3.54. The second kappa shape index (κ2) is 5.89. The van der Waals surface area contributed by atoms with Crippen LogP contribution in [0.1, 0.15) is 11.1 Å². The molecule has 0 fully saturated rings. The van der Waals surface area contributed by atoms with Gasteiger partial charge in [0.2, 0.25) is 0 Å². The molecule has 1 aromatic heterocycles. The van der Waals surface area contributed by atoms with Crippen LogP contribution in [0.5, 0.6) is 0 Å². The van der Waals surface area contributed by atoms with Crippen molar-refractivity contribution in [3.63, 3.8) is 0 Å². The van der Waals surface area contributed by atoms with Crippen LogP contribution in [0.3, 0.4) is 0 Å². The van der Waals surface area contributed by atoms with Gasteiger partial charge in [-0.2, -0.15) is 0 Å². The number of benzene rings is 2. The number of nitrogens with one attached hydrogen (secondary N) is 1. The molecule has 0 spiro atoms. The minimum Gasteiger partial charge on any atom is -0.306 e. The van der Waals surface area contributed by atoms with Gasteiger partial charge < -0.3 is 4.57 Å². The number of sulfonamides is 1. The Bertz CT molecular complexity index is 915. The highest BCUT2D eigenvalue weighted by atomic mass is 32.2. The Balaban J connectivity index is 1.86. The maximum absolute atomic E-state index is 12.5. The minimum absolute atomic E-state index is 0.293. The molecule has 0 saturated carbocycles. The summed E-state index contributed by atoms with van der Waals surface area (Å²) in [5, 5.41) is 0. The van der Waals surface area contributed by atoms with Crippen LogP contribution < -0.4 is 4.72 Å². The molecule has 3 rings (SSSR count). The van der Waals surface area contributed by atoms with E-state index in [0.29, 0.717) is 10.6 Å². The van der Waals surface area contributed by atoms with Gasteiger partial charge in [-0.1, -0.05) is 17.7 Å². The zero-order valence-corrected chi connectivity index (χ0v) is 13.7. The number of hydrogen-bond acceptors (Lipinski definition) is 3. The summed E-state index contributed by atoms with van der Waals surface area (Å²) < 4.78 is 29.5. The molecule has 0 bridgehead atoms. The molecule has 23 heavy (non-hydrogen) atoms. The van der Waals surface area contributed by atoms with Gasteiger partial charge in [0, 0.05) is 23.8 Å². The summed E-state index contributed by atoms with van der Waals surface area (Å²) in [6.45, 7) is 3.73. The summed E-state index contributed by atoms with van der Waals surface area (Å²) in [7, 11) is -3.60. The average Bonchev–Trinajstić information content (AvgIpc) is 3.01. The average molecular weight is 327 g/mol. The van der Waals surface area contributed by atoms with Crippen molar-refractivity contribution in [2.75, 3.05) is 4.72 Å². The Kier molecular flexibility index (Phi) is 3.92. The molecule has 3 aromatic rings. The van der Waals surface area contributed by atoms with Crippen molar-refractivity contribution >= 4 is 15.7 Å². The lowest BCUT2D eigenvalue weighted by atomic mass is 10.2. The number of rotatable bonds is 4. The molecule has 6 heteroatoms. The minimum atomic E-state index is -3.60. The molecule has 0 aliphatic carbocycles. The molecule has 0 radical (unpaired) electrons. The first-order chi connectivity index (χ1) is 11.0. The highest BCUT2D eigenvalue weighted by molar-refractivity contribution is 7.92. The van der Waals surface area contributed by atoms with Crippen LogP contribution in [-0.4, -0.2) is 18.0 Å². The van der Waals surface area contributed by atoms with Crippen LogP contribution >= 0.6 is 0 Å². The van der Waals surface area contributed by atoms with E-state index in [9.17, 15) is 8.42 Å². The molecule has 0 unspecified atom stereocenters. The highest BCUT2D eigenvalue weighted by Gasteiger charge is 2.16. The summed E-state index contributed by atoms with van der Waals surface area (Å²) in [5.74, 6) is 0. The number of imidazole rings is 1. The topological polar surface area (TPSA) is 64.0 Å². The Morgan fingerprint density at radius 1 is 1.04 bits per heavy atom. The molecule has 2 aromatic carbocycles. The summed E-state index contributed by atoms with van der Waals surface area (Å²) in [4.78, 5) is 4.28. The number of hydrogen-bond donors (Lipinski definition) is 1. The van der Waals surface area contributed by atoms with Gasteiger partial charge in [-0.3, -0.25) is 4.72 Å². The van der Waals surface area contributed by atoms with Crippen LogP contribution in [-0.2, 0) is 10.0 Å². The molecule has 1 N–H and O–H groups in total. The SMILES string of the molecule is Cc1ccc(S(=O)(=O)Nc2ccc(-n3ccnc3)cc2)c(C)c1. The summed E-state index contributed by atoms with van der Waals surface area (Å²) in [6, 6.07) is 12.4. The van der Waals surface area contributed by atoms with Gasteiger partial charge in [0.05, 0.1) is 11.2 Å². The van der Waals surface area contributed by atoms with Crippen molar-refractivity contribution in [3.05, 3.63) is 72.3 Å². The van der Waals surface area contributed by atoms with Crippen molar-refractivity contribution in [2.45, 2.75) is 18.7 Å². The van der Waals surface area contributed by atoms with E-state index in [1.54, 1.807) is 43.7 Å². The number of anilines is 1. The highest BCUT2D eigenvalue weighted by Crippen LogP contribution is 2.21. The lowest BCUT2D eigenvalue weighted by Crippen LogP contribution is -2.14. The first-order valence-electron chi connectivity index (χ1n) is 7.14. The molecule has 5 nitrogen and oxygen atoms in total. The van der Waals surface area contributed by atoms with Crippen molar-refractivity contribution in [1.82, 2.24) is 9.55 Å². The third kappa shape index (κ3) is 3.27. The van der Waals surface area contributed by atoms with E-state index < -0.39 is 10.0 Å². The first kappa shape index (κ1) is 15.3. The van der Waals surface area contributed by atoms with Crippen LogP contribution in [0.15, 0.2) is 66.1 Å². The van der Waals surface area contributed by atoms with Gasteiger partial charge in [0.25, 0.3) is 10.0 Å². The van der Waals surface area contributed by atoms with Crippen LogP contribution in [0.4, 0.5) is 5.69 Å². The summed E-state index contributed by atoms with van der Waals surface area (Å²) in [6.07, 6.45) is 5.21. The second-order valence-corrected chi connectivity index (χ2v) is 7.04. The molecule has 0 saturated heterocycles. The number of aromatic nitrogens is 2. The standard InChI is InChI=1S/C17H17N3O2S/c1-13-3-8-17(14(2)11-13)23(21,22)19-15-4-6-16(7-5-15)20-10-9-18-12-20/h3-12,19H,1-2H3. The van der Waals surface area contributed by atoms with Gasteiger partial charge in [0.1, 0.15) is 0 Å². The third-order valence-corrected chi connectivity index (χ3v) is 5.08. The summed E-state index contributed by atoms with van der Waals surface area (Å²) >= 11 is 0. The largest absolute Gasteiger partial charge is 0.306 e. The van der Waals surface area contributed by atoms with Crippen LogP contribution in [0.2, 0.25) is 0 Å². The lowest BCUT2D eigenvalue weighted by Gasteiger charge is -2.11. The number of nitrogens with zero attached hydrogens (tertiary/aromatic N) is 2. The van der Waals surface area contributed by atoms with E-state index in [1.807, 2.05) is 35.9 Å². The summed E-state index contributed by atoms with van der Waals surface area (Å²) in [5.41, 5.74) is 3.20. The quantitative estimate of drug-likeness (QED) is 0.800. The van der Waals surface area contributed by atoms with Crippen molar-refractivity contribution in [2.24, 2.45) is 0 Å². The van der Waals surface area contributed by atoms with Crippen molar-refractivity contribution in [3.8, 4) is 5.69 Å². The predicted molar refractivity (Wildman–Crippen MR) is 90.3 cm³/mol. The van der Waals surface area contributed by atoms with Crippen molar-refractivity contribution < 1.29 is 8.42 Å². The molecule has 0 atom stereocenters. The fourth-order valence-corrected chi connectivity index (χ4v) is 3.71. The number of aryl methyl sites for hydroxylation is 2. The van der Waals surface area contributed by atoms with E-state index in [0.717, 1.165) is 16.8 Å². The van der Waals surface area contributed by atoms with Crippen molar-refractivity contribution in [1.29, 1.82) is 0 Å². The molecular formula is C17H17N3O2S. The smallest absolute Gasteiger partial charge is 0.262 e. The maximum Gasteiger partial charge on any atom is 0.262 e. The fraction of sp³-hybridized carbons (Fsp3) is 0.118. The molecule has 0 amide bonds. The Labute approximate surface area is 135 Å². The van der Waals surface area contributed by atoms with E-state index in [4.69, 9.17) is 0 Å². The molecular weight excluding hydrogens is 310 g/mol. The van der Waals surface area contributed by atoms with Gasteiger partial charge in [-0.25, -0.2) is 13.4 Å². The Morgan fingerprint density at radius 3 is 2.39 bits per heavy atom. The molecule has 1 heterocycles. The normalized spacial score (nSPS) is 11.4. The Hall–Kier alpha value is -2.60. The molecule has 0 aliphatic heterocycles. The van der Waals surface area contributed by atoms with E-state index in [2.05, 4.69) is 9.71 Å². The van der Waals surface area contributed by atoms with E-state index in [-0.39, 0.29) is 0 Å². The van der Waals surface area contributed by atoms with Gasteiger partial charge >= 0.3 is 0 Å². The fourth-order valence-electron chi connectivity index (χ4n) is 2.42. The zero-order chi connectivity index (χ0) is 16.4. The Morgan fingerprint density at radius 2 is 1.78 bits per heavy atom. The lowest BCUT2D eigenvalue weighted by molar-refractivity contribution is 0.600. The van der Waals surface area contributed by atoms with E-state index in [1.165, 1.54) is 0 Å². The van der Waals surface area contributed by atoms with E-state index >= 15 is 0 Å². The van der Waals surface area contributed by atoms with Crippen LogP contribution in [0, 0.1) is 13.8 Å². The predicted octanol–water partition coefficient (Wildman–Crippen LogP) is 3.29. The molecule has 118 valence electrons. The monoisotopic (exact) mass is 327 g/mol. The first-order valence-corrected chi connectivity index (χ1v) is 8.62. The van der Waals surface area contributed by atoms with Gasteiger partial charge in [-0.05, 0) is 49.7 Å². The molecule has 0 aliphatic rings. The second-order valence-electron chi connectivity index (χ2n) is 5.39. The maximum atomic E-state index is 12.5. The van der Waals surface area contributed by atoms with Gasteiger partial charge in [0.15, 0.2) is 0 Å².